The Labute approximate surface area is 306 Å². The number of nitrogens with one attached hydrogen (secondary N) is 4. The SMILES string of the molecule is CCC(=O)NCCNC(=O)c1cc(OCC(=O)NCCC(C)(C)OCC(C)(C)C(=O)O)cc(OCC(=O)NCCC(C)(C)OCC(C)(C)C(=O)O)c1. The highest BCUT2D eigenvalue weighted by Gasteiger charge is 2.32. The molecule has 0 heterocycles. The Morgan fingerprint density at radius 2 is 0.962 bits per heavy atom. The fraction of sp³-hybridized carbons (Fsp3) is 0.667. The highest BCUT2D eigenvalue weighted by atomic mass is 16.5. The van der Waals surface area contributed by atoms with Crippen molar-refractivity contribution in [1.29, 1.82) is 0 Å². The third-order valence-corrected chi connectivity index (χ3v) is 7.84. The second-order valence-electron chi connectivity index (χ2n) is 14.9. The van der Waals surface area contributed by atoms with E-state index in [1.165, 1.54) is 18.2 Å². The fourth-order valence-corrected chi connectivity index (χ4v) is 3.90. The molecule has 0 saturated carbocycles. The van der Waals surface area contributed by atoms with Gasteiger partial charge in [-0.1, -0.05) is 6.92 Å². The molecule has 1 aromatic carbocycles. The van der Waals surface area contributed by atoms with Gasteiger partial charge >= 0.3 is 11.9 Å². The summed E-state index contributed by atoms with van der Waals surface area (Å²) in [5.41, 5.74) is -3.41. The van der Waals surface area contributed by atoms with Crippen LogP contribution in [0.3, 0.4) is 0 Å². The molecule has 0 aromatic heterocycles. The Kier molecular flexibility index (Phi) is 18.0. The summed E-state index contributed by atoms with van der Waals surface area (Å²) >= 11 is 0. The van der Waals surface area contributed by atoms with E-state index in [4.69, 9.17) is 18.9 Å². The van der Waals surface area contributed by atoms with E-state index in [0.29, 0.717) is 19.3 Å². The first-order chi connectivity index (χ1) is 24.0. The summed E-state index contributed by atoms with van der Waals surface area (Å²) < 4.78 is 22.9. The first-order valence-corrected chi connectivity index (χ1v) is 17.2. The van der Waals surface area contributed by atoms with Crippen molar-refractivity contribution in [2.75, 3.05) is 52.6 Å². The monoisotopic (exact) mass is 738 g/mol. The molecule has 0 unspecified atom stereocenters. The van der Waals surface area contributed by atoms with Gasteiger partial charge < -0.3 is 50.4 Å². The average molecular weight is 739 g/mol. The molecule has 0 spiro atoms. The van der Waals surface area contributed by atoms with Gasteiger partial charge in [-0.3, -0.25) is 28.8 Å². The number of benzene rings is 1. The van der Waals surface area contributed by atoms with Crippen LogP contribution in [0.25, 0.3) is 0 Å². The van der Waals surface area contributed by atoms with Gasteiger partial charge in [0.05, 0.1) is 35.2 Å². The molecule has 0 aliphatic heterocycles. The molecule has 1 rings (SSSR count). The quantitative estimate of drug-likeness (QED) is 0.0796. The maximum Gasteiger partial charge on any atom is 0.311 e. The van der Waals surface area contributed by atoms with Crippen LogP contribution >= 0.6 is 0 Å². The zero-order chi connectivity index (χ0) is 39.8. The molecule has 0 radical (unpaired) electrons. The molecule has 0 saturated heterocycles. The predicted molar refractivity (Wildman–Crippen MR) is 191 cm³/mol. The molecular formula is C36H58N4O12. The number of carbonyl (C=O) groups is 6. The van der Waals surface area contributed by atoms with E-state index in [0.717, 1.165) is 0 Å². The molecule has 0 bridgehead atoms. The van der Waals surface area contributed by atoms with Gasteiger partial charge in [0.15, 0.2) is 13.2 Å². The number of ether oxygens (including phenoxy) is 4. The second kappa shape index (κ2) is 20.6. The Morgan fingerprint density at radius 3 is 1.35 bits per heavy atom. The van der Waals surface area contributed by atoms with Gasteiger partial charge in [0.2, 0.25) is 5.91 Å². The largest absolute Gasteiger partial charge is 0.484 e. The van der Waals surface area contributed by atoms with Crippen LogP contribution in [0.2, 0.25) is 0 Å². The minimum absolute atomic E-state index is 0.00230. The van der Waals surface area contributed by atoms with Crippen molar-refractivity contribution in [2.24, 2.45) is 10.8 Å². The molecule has 294 valence electrons. The van der Waals surface area contributed by atoms with Gasteiger partial charge in [-0.2, -0.15) is 0 Å². The van der Waals surface area contributed by atoms with Crippen molar-refractivity contribution in [3.05, 3.63) is 23.8 Å². The highest BCUT2D eigenvalue weighted by molar-refractivity contribution is 5.95. The zero-order valence-corrected chi connectivity index (χ0v) is 32.0. The summed E-state index contributed by atoms with van der Waals surface area (Å²) in [5.74, 6) is -3.28. The van der Waals surface area contributed by atoms with Crippen LogP contribution in [0.15, 0.2) is 18.2 Å². The van der Waals surface area contributed by atoms with E-state index in [1.54, 1.807) is 62.3 Å². The Bertz CT molecular complexity index is 1310. The molecule has 0 fully saturated rings. The highest BCUT2D eigenvalue weighted by Crippen LogP contribution is 2.25. The van der Waals surface area contributed by atoms with E-state index in [9.17, 15) is 39.0 Å². The zero-order valence-electron chi connectivity index (χ0n) is 32.0. The maximum absolute atomic E-state index is 12.9. The van der Waals surface area contributed by atoms with Crippen molar-refractivity contribution in [1.82, 2.24) is 21.3 Å². The van der Waals surface area contributed by atoms with Crippen LogP contribution in [-0.2, 0) is 33.4 Å². The molecule has 6 N–H and O–H groups in total. The number of hydrogen-bond donors (Lipinski definition) is 6. The third kappa shape index (κ3) is 18.2. The van der Waals surface area contributed by atoms with E-state index in [1.807, 2.05) is 0 Å². The van der Waals surface area contributed by atoms with Crippen LogP contribution in [0.5, 0.6) is 11.5 Å². The van der Waals surface area contributed by atoms with Gasteiger partial charge in [0.25, 0.3) is 17.7 Å². The predicted octanol–water partition coefficient (Wildman–Crippen LogP) is 2.52. The lowest BCUT2D eigenvalue weighted by Crippen LogP contribution is -2.38. The minimum atomic E-state index is -1.06. The average Bonchev–Trinajstić information content (AvgIpc) is 3.06. The first-order valence-electron chi connectivity index (χ1n) is 17.2. The molecule has 0 aliphatic carbocycles. The smallest absolute Gasteiger partial charge is 0.311 e. The van der Waals surface area contributed by atoms with Crippen molar-refractivity contribution in [3.8, 4) is 11.5 Å². The Hall–Kier alpha value is -4.44. The molecule has 0 atom stereocenters. The van der Waals surface area contributed by atoms with Gasteiger partial charge in [-0.25, -0.2) is 0 Å². The van der Waals surface area contributed by atoms with Crippen LogP contribution in [0.4, 0.5) is 0 Å². The van der Waals surface area contributed by atoms with Gasteiger partial charge in [-0.05, 0) is 80.4 Å². The first kappa shape index (κ1) is 45.6. The molecule has 16 heteroatoms. The number of amides is 4. The standard InChI is InChI=1S/C36H58N4O12/c1-10-27(41)39-15-16-40-30(44)24-17-25(49-20-28(42)37-13-11-35(6,7)51-22-33(2,3)31(45)46)19-26(18-24)50-21-29(43)38-14-12-36(8,9)52-23-34(4,5)32(47)48/h17-19H,10-16,20-23H2,1-9H3,(H,37,42)(H,38,43)(H,39,41)(H,40,44)(H,45,46)(H,47,48). The molecule has 4 amide bonds. The van der Waals surface area contributed by atoms with E-state index >= 15 is 0 Å². The molecule has 52 heavy (non-hydrogen) atoms. The normalized spacial score (nSPS) is 12.0. The minimum Gasteiger partial charge on any atom is -0.484 e. The topological polar surface area (TPSA) is 228 Å². The Morgan fingerprint density at radius 1 is 0.577 bits per heavy atom. The summed E-state index contributed by atoms with van der Waals surface area (Å²) in [6, 6.07) is 4.26. The van der Waals surface area contributed by atoms with Crippen molar-refractivity contribution < 1.29 is 57.9 Å². The van der Waals surface area contributed by atoms with Gasteiger partial charge in [-0.15, -0.1) is 0 Å². The van der Waals surface area contributed by atoms with Crippen LogP contribution in [0.1, 0.15) is 91.9 Å². The number of carboxylic acid groups (broad SMARTS) is 2. The molecule has 16 nitrogen and oxygen atoms in total. The maximum atomic E-state index is 12.9. The van der Waals surface area contributed by atoms with Crippen molar-refractivity contribution >= 4 is 35.6 Å². The number of aliphatic carboxylic acids is 2. The Balaban J connectivity index is 2.83. The van der Waals surface area contributed by atoms with Crippen molar-refractivity contribution in [3.63, 3.8) is 0 Å². The number of hydrogen-bond acceptors (Lipinski definition) is 10. The van der Waals surface area contributed by atoms with Crippen molar-refractivity contribution in [2.45, 2.75) is 92.8 Å². The number of carboxylic acids is 2. The van der Waals surface area contributed by atoms with Gasteiger partial charge in [0, 0.05) is 44.2 Å². The van der Waals surface area contributed by atoms with E-state index < -0.39 is 64.9 Å². The summed E-state index contributed by atoms with van der Waals surface area (Å²) in [6.45, 7) is 15.2. The summed E-state index contributed by atoms with van der Waals surface area (Å²) in [6.07, 6.45) is 1.11. The molecule has 0 aliphatic rings. The second-order valence-corrected chi connectivity index (χ2v) is 14.9. The lowest BCUT2D eigenvalue weighted by atomic mass is 9.94. The van der Waals surface area contributed by atoms with Crippen LogP contribution in [0, 0.1) is 10.8 Å². The van der Waals surface area contributed by atoms with Crippen LogP contribution in [-0.4, -0.2) is 110 Å². The lowest BCUT2D eigenvalue weighted by Gasteiger charge is -2.29. The third-order valence-electron chi connectivity index (χ3n) is 7.84. The van der Waals surface area contributed by atoms with Gasteiger partial charge in [0.1, 0.15) is 11.5 Å². The fourth-order valence-electron chi connectivity index (χ4n) is 3.90. The van der Waals surface area contributed by atoms with E-state index in [2.05, 4.69) is 21.3 Å². The summed E-state index contributed by atoms with van der Waals surface area (Å²) in [5, 5.41) is 29.4. The van der Waals surface area contributed by atoms with E-state index in [-0.39, 0.29) is 62.4 Å². The summed E-state index contributed by atoms with van der Waals surface area (Å²) in [7, 11) is 0. The lowest BCUT2D eigenvalue weighted by molar-refractivity contribution is -0.155. The molecular weight excluding hydrogens is 680 g/mol. The van der Waals surface area contributed by atoms with Crippen LogP contribution < -0.4 is 30.7 Å². The number of carbonyl (C=O) groups excluding carboxylic acids is 4. The molecule has 1 aromatic rings. The number of rotatable bonds is 25. The summed E-state index contributed by atoms with van der Waals surface area (Å²) in [4.78, 5) is 72.3.